The Kier molecular flexibility index (Phi) is 5.51. The predicted octanol–water partition coefficient (Wildman–Crippen LogP) is 4.33. The first-order chi connectivity index (χ1) is 14.7. The van der Waals surface area contributed by atoms with Gasteiger partial charge in [0.15, 0.2) is 0 Å². The number of carbonyl (C=O) groups excluding carboxylic acids is 1. The van der Waals surface area contributed by atoms with Crippen molar-refractivity contribution in [3.8, 4) is 0 Å². The van der Waals surface area contributed by atoms with Crippen molar-refractivity contribution < 1.29 is 4.79 Å². The van der Waals surface area contributed by atoms with Crippen molar-refractivity contribution in [2.75, 3.05) is 26.2 Å². The molecule has 2 aromatic carbocycles. The number of fused-ring (bicyclic) bond motifs is 4. The minimum Gasteiger partial charge on any atom is -0.338 e. The highest BCUT2D eigenvalue weighted by molar-refractivity contribution is 5.74. The number of amides is 2. The van der Waals surface area contributed by atoms with Gasteiger partial charge in [0.1, 0.15) is 0 Å². The van der Waals surface area contributed by atoms with E-state index in [1.165, 1.54) is 28.7 Å². The van der Waals surface area contributed by atoms with Crippen LogP contribution in [0, 0.1) is 12.8 Å². The normalized spacial score (nSPS) is 25.8. The van der Waals surface area contributed by atoms with Crippen LogP contribution in [0.1, 0.15) is 47.6 Å². The Bertz CT molecular complexity index is 896. The number of nitrogens with one attached hydrogen (secondary N) is 1. The monoisotopic (exact) mass is 403 g/mol. The highest BCUT2D eigenvalue weighted by Gasteiger charge is 2.44. The van der Waals surface area contributed by atoms with E-state index in [-0.39, 0.29) is 6.03 Å². The number of rotatable bonds is 3. The number of nitrogens with zero attached hydrogens (tertiary/aromatic N) is 2. The van der Waals surface area contributed by atoms with Gasteiger partial charge < -0.3 is 10.2 Å². The summed E-state index contributed by atoms with van der Waals surface area (Å²) in [7, 11) is 0. The van der Waals surface area contributed by atoms with Gasteiger partial charge >= 0.3 is 6.03 Å². The molecule has 3 atom stereocenters. The third kappa shape index (κ3) is 3.74. The molecule has 2 aromatic rings. The molecule has 0 radical (unpaired) electrons. The van der Waals surface area contributed by atoms with Crippen LogP contribution in [0.3, 0.4) is 0 Å². The largest absolute Gasteiger partial charge is 0.338 e. The molecule has 2 fully saturated rings. The average Bonchev–Trinajstić information content (AvgIpc) is 2.78. The van der Waals surface area contributed by atoms with Crippen molar-refractivity contribution in [2.45, 2.75) is 51.1 Å². The third-order valence-corrected chi connectivity index (χ3v) is 7.50. The van der Waals surface area contributed by atoms with Gasteiger partial charge in [-0.05, 0) is 67.2 Å². The summed E-state index contributed by atoms with van der Waals surface area (Å²) in [6.07, 6.45) is 5.50. The van der Waals surface area contributed by atoms with Crippen molar-refractivity contribution in [3.05, 3.63) is 70.8 Å². The number of urea groups is 1. The molecule has 0 saturated carbocycles. The van der Waals surface area contributed by atoms with Crippen LogP contribution in [0.15, 0.2) is 48.5 Å². The Morgan fingerprint density at radius 2 is 1.97 bits per heavy atom. The lowest BCUT2D eigenvalue weighted by Crippen LogP contribution is -2.59. The van der Waals surface area contributed by atoms with Gasteiger partial charge in [0.25, 0.3) is 0 Å². The molecule has 0 aromatic heterocycles. The van der Waals surface area contributed by atoms with Crippen LogP contribution in [0.25, 0.3) is 0 Å². The van der Waals surface area contributed by atoms with Crippen molar-refractivity contribution in [1.82, 2.24) is 15.1 Å². The summed E-state index contributed by atoms with van der Waals surface area (Å²) in [5.74, 6) is 0.612. The van der Waals surface area contributed by atoms with Gasteiger partial charge in [-0.1, -0.05) is 48.5 Å². The van der Waals surface area contributed by atoms with Gasteiger partial charge in [0.05, 0.1) is 0 Å². The van der Waals surface area contributed by atoms with Crippen molar-refractivity contribution in [1.29, 1.82) is 0 Å². The number of likely N-dealkylation sites (tertiary alicyclic amines) is 1. The number of piperidine rings is 2. The zero-order valence-electron chi connectivity index (χ0n) is 18.0. The molecule has 3 aliphatic heterocycles. The first kappa shape index (κ1) is 19.6. The van der Waals surface area contributed by atoms with Gasteiger partial charge in [-0.2, -0.15) is 0 Å². The number of hydrogen-bond acceptors (Lipinski definition) is 2. The Labute approximate surface area is 180 Å². The van der Waals surface area contributed by atoms with Crippen molar-refractivity contribution in [3.63, 3.8) is 0 Å². The smallest absolute Gasteiger partial charge is 0.317 e. The molecular weight excluding hydrogens is 370 g/mol. The lowest BCUT2D eigenvalue weighted by molar-refractivity contribution is 0.00558. The van der Waals surface area contributed by atoms with Crippen LogP contribution in [0.2, 0.25) is 0 Å². The van der Waals surface area contributed by atoms with Crippen molar-refractivity contribution in [2.24, 2.45) is 5.92 Å². The molecule has 0 unspecified atom stereocenters. The third-order valence-electron chi connectivity index (χ3n) is 7.50. The highest BCUT2D eigenvalue weighted by Crippen LogP contribution is 2.43. The lowest BCUT2D eigenvalue weighted by Gasteiger charge is -2.52. The molecule has 2 amide bonds. The molecule has 0 bridgehead atoms. The maximum atomic E-state index is 13.1. The maximum absolute atomic E-state index is 13.1. The molecule has 0 aliphatic carbocycles. The first-order valence-electron chi connectivity index (χ1n) is 11.6. The molecule has 2 saturated heterocycles. The summed E-state index contributed by atoms with van der Waals surface area (Å²) in [4.78, 5) is 18.0. The first-order valence-corrected chi connectivity index (χ1v) is 11.6. The molecule has 4 nitrogen and oxygen atoms in total. The second-order valence-corrected chi connectivity index (χ2v) is 9.27. The maximum Gasteiger partial charge on any atom is 0.317 e. The van der Waals surface area contributed by atoms with Crippen LogP contribution in [0.4, 0.5) is 4.79 Å². The fraction of sp³-hybridized carbons (Fsp3) is 0.500. The molecule has 4 heteroatoms. The zero-order valence-corrected chi connectivity index (χ0v) is 18.0. The molecule has 3 heterocycles. The van der Waals surface area contributed by atoms with Gasteiger partial charge in [-0.25, -0.2) is 4.79 Å². The molecule has 30 heavy (non-hydrogen) atoms. The van der Waals surface area contributed by atoms with E-state index in [0.29, 0.717) is 24.5 Å². The van der Waals surface area contributed by atoms with E-state index < -0.39 is 0 Å². The van der Waals surface area contributed by atoms with Crippen molar-refractivity contribution >= 4 is 6.03 Å². The molecule has 158 valence electrons. The number of hydrogen-bond donors (Lipinski definition) is 1. The van der Waals surface area contributed by atoms with E-state index >= 15 is 0 Å². The molecule has 3 aliphatic rings. The molecule has 0 spiro atoms. The van der Waals surface area contributed by atoms with Crippen LogP contribution in [0.5, 0.6) is 0 Å². The quantitative estimate of drug-likeness (QED) is 0.828. The van der Waals surface area contributed by atoms with E-state index in [1.807, 2.05) is 6.07 Å². The standard InChI is InChI=1S/C26H33N3O/c1-19-7-5-10-21-13-16-28-18-22-11-6-15-29(23(22)17-24(28)25(19)21)26(30)27-14-12-20-8-3-2-4-9-20/h2-5,7-10,22-24H,6,11-18H2,1H3,(H,27,30)/t22-,23+,24+/m0/s1. The van der Waals surface area contributed by atoms with E-state index in [1.54, 1.807) is 0 Å². The summed E-state index contributed by atoms with van der Waals surface area (Å²) in [6, 6.07) is 18.1. The number of benzene rings is 2. The molecular formula is C26H33N3O. The Balaban J connectivity index is 1.29. The zero-order chi connectivity index (χ0) is 20.5. The van der Waals surface area contributed by atoms with Crippen LogP contribution in [-0.4, -0.2) is 48.1 Å². The topological polar surface area (TPSA) is 35.6 Å². The molecule has 1 N–H and O–H groups in total. The van der Waals surface area contributed by atoms with Gasteiger partial charge in [-0.3, -0.25) is 4.90 Å². The van der Waals surface area contributed by atoms with E-state index in [9.17, 15) is 4.79 Å². The second-order valence-electron chi connectivity index (χ2n) is 9.27. The average molecular weight is 404 g/mol. The minimum absolute atomic E-state index is 0.134. The SMILES string of the molecule is Cc1cccc2c1[C@H]1C[C@@H]3[C@@H](CCCN3C(=O)NCCc3ccccc3)CN1CC2. The lowest BCUT2D eigenvalue weighted by atomic mass is 9.76. The second kappa shape index (κ2) is 8.43. The van der Waals surface area contributed by atoms with Gasteiger partial charge in [0, 0.05) is 38.3 Å². The van der Waals surface area contributed by atoms with Crippen LogP contribution in [-0.2, 0) is 12.8 Å². The summed E-state index contributed by atoms with van der Waals surface area (Å²) in [5.41, 5.74) is 5.74. The van der Waals surface area contributed by atoms with Crippen LogP contribution >= 0.6 is 0 Å². The summed E-state index contributed by atoms with van der Waals surface area (Å²) < 4.78 is 0. The summed E-state index contributed by atoms with van der Waals surface area (Å²) in [5, 5.41) is 3.21. The number of aryl methyl sites for hydroxylation is 1. The Morgan fingerprint density at radius 3 is 2.83 bits per heavy atom. The summed E-state index contributed by atoms with van der Waals surface area (Å²) >= 11 is 0. The van der Waals surface area contributed by atoms with E-state index in [2.05, 4.69) is 64.5 Å². The number of carbonyl (C=O) groups is 1. The predicted molar refractivity (Wildman–Crippen MR) is 121 cm³/mol. The van der Waals surface area contributed by atoms with Crippen LogP contribution < -0.4 is 5.32 Å². The Morgan fingerprint density at radius 1 is 1.10 bits per heavy atom. The van der Waals surface area contributed by atoms with Gasteiger partial charge in [0.2, 0.25) is 0 Å². The van der Waals surface area contributed by atoms with E-state index in [4.69, 9.17) is 0 Å². The van der Waals surface area contributed by atoms with E-state index in [0.717, 1.165) is 45.3 Å². The Hall–Kier alpha value is -2.33. The molecule has 5 rings (SSSR count). The summed E-state index contributed by atoms with van der Waals surface area (Å²) in [6.45, 7) is 6.15. The fourth-order valence-corrected chi connectivity index (χ4v) is 6.04. The fourth-order valence-electron chi connectivity index (χ4n) is 6.04. The highest BCUT2D eigenvalue weighted by atomic mass is 16.2. The minimum atomic E-state index is 0.134. The van der Waals surface area contributed by atoms with Gasteiger partial charge in [-0.15, -0.1) is 0 Å².